The van der Waals surface area contributed by atoms with Crippen molar-refractivity contribution in [2.75, 3.05) is 12.1 Å². The molecule has 1 N–H and O–H groups in total. The molecule has 98 valence electrons. The number of rotatable bonds is 5. The molecule has 1 aromatic rings. The molecule has 0 fully saturated rings. The zero-order valence-electron chi connectivity index (χ0n) is 10.5. The average Bonchev–Trinajstić information content (AvgIpc) is 2.27. The molecule has 0 heterocycles. The van der Waals surface area contributed by atoms with Gasteiger partial charge in [0.05, 0.1) is 6.61 Å². The van der Waals surface area contributed by atoms with Gasteiger partial charge in [-0.15, -0.1) is 0 Å². The van der Waals surface area contributed by atoms with Crippen molar-refractivity contribution >= 4 is 17.6 Å². The van der Waals surface area contributed by atoms with Crippen molar-refractivity contribution in [3.05, 3.63) is 18.2 Å². The largest absolute Gasteiger partial charge is 0.427 e. The van der Waals surface area contributed by atoms with Gasteiger partial charge in [0, 0.05) is 19.9 Å². The Morgan fingerprint density at radius 2 is 1.83 bits per heavy atom. The molecule has 1 aromatic carbocycles. The van der Waals surface area contributed by atoms with Gasteiger partial charge in [-0.05, 0) is 19.1 Å². The molecule has 18 heavy (non-hydrogen) atoms. The summed E-state index contributed by atoms with van der Waals surface area (Å²) in [6, 6.07) is 4.55. The van der Waals surface area contributed by atoms with E-state index in [1.54, 1.807) is 6.92 Å². The summed E-state index contributed by atoms with van der Waals surface area (Å²) in [6.07, 6.45) is 0. The molecule has 0 aliphatic heterocycles. The Bertz CT molecular complexity index is 444. The van der Waals surface area contributed by atoms with Gasteiger partial charge >= 0.3 is 11.9 Å². The van der Waals surface area contributed by atoms with Crippen LogP contribution in [-0.2, 0) is 14.4 Å². The van der Waals surface area contributed by atoms with Crippen LogP contribution in [0.3, 0.4) is 0 Å². The number of hydrogen-bond acceptors (Lipinski definition) is 6. The molecule has 6 nitrogen and oxygen atoms in total. The van der Waals surface area contributed by atoms with Crippen molar-refractivity contribution in [2.45, 2.75) is 20.8 Å². The smallest absolute Gasteiger partial charge is 0.308 e. The van der Waals surface area contributed by atoms with Gasteiger partial charge in [0.15, 0.2) is 5.75 Å². The summed E-state index contributed by atoms with van der Waals surface area (Å²) in [7, 11) is 0. The molecule has 0 aromatic heterocycles. The van der Waals surface area contributed by atoms with E-state index in [2.05, 4.69) is 5.48 Å². The van der Waals surface area contributed by atoms with Crippen molar-refractivity contribution in [1.29, 1.82) is 0 Å². The lowest BCUT2D eigenvalue weighted by Gasteiger charge is -2.12. The average molecular weight is 253 g/mol. The molecule has 0 aliphatic carbocycles. The van der Waals surface area contributed by atoms with Crippen molar-refractivity contribution in [3.63, 3.8) is 0 Å². The van der Waals surface area contributed by atoms with Crippen LogP contribution in [0.5, 0.6) is 11.5 Å². The number of hydrogen-bond donors (Lipinski definition) is 1. The van der Waals surface area contributed by atoms with Gasteiger partial charge in [-0.1, -0.05) is 0 Å². The maximum absolute atomic E-state index is 10.9. The highest BCUT2D eigenvalue weighted by Crippen LogP contribution is 2.29. The van der Waals surface area contributed by atoms with Crippen LogP contribution in [0.4, 0.5) is 5.69 Å². The number of benzene rings is 1. The monoisotopic (exact) mass is 253 g/mol. The van der Waals surface area contributed by atoms with Crippen LogP contribution in [0.2, 0.25) is 0 Å². The minimum absolute atomic E-state index is 0.298. The molecule has 0 saturated heterocycles. The fourth-order valence-corrected chi connectivity index (χ4v) is 1.21. The SMILES string of the molecule is CCONc1cc(OC(C)=O)ccc1OC(C)=O. The quantitative estimate of drug-likeness (QED) is 0.491. The highest BCUT2D eigenvalue weighted by atomic mass is 16.6. The lowest BCUT2D eigenvalue weighted by Crippen LogP contribution is -2.08. The highest BCUT2D eigenvalue weighted by Gasteiger charge is 2.09. The minimum Gasteiger partial charge on any atom is -0.427 e. The fraction of sp³-hybridized carbons (Fsp3) is 0.333. The van der Waals surface area contributed by atoms with Crippen molar-refractivity contribution < 1.29 is 23.9 Å². The molecule has 0 aliphatic rings. The van der Waals surface area contributed by atoms with E-state index in [9.17, 15) is 9.59 Å². The summed E-state index contributed by atoms with van der Waals surface area (Å²) in [5.74, 6) is -0.250. The number of ether oxygens (including phenoxy) is 2. The van der Waals surface area contributed by atoms with Crippen LogP contribution in [0.15, 0.2) is 18.2 Å². The van der Waals surface area contributed by atoms with Gasteiger partial charge in [0.2, 0.25) is 0 Å². The topological polar surface area (TPSA) is 73.9 Å². The Hall–Kier alpha value is -2.08. The van der Waals surface area contributed by atoms with E-state index in [0.717, 1.165) is 0 Å². The number of esters is 2. The van der Waals surface area contributed by atoms with Crippen LogP contribution in [-0.4, -0.2) is 18.5 Å². The molecule has 0 amide bonds. The molecular formula is C12H15NO5. The van der Waals surface area contributed by atoms with Crippen LogP contribution in [0.25, 0.3) is 0 Å². The van der Waals surface area contributed by atoms with Gasteiger partial charge in [-0.2, -0.15) is 0 Å². The lowest BCUT2D eigenvalue weighted by molar-refractivity contribution is -0.133. The molecule has 0 radical (unpaired) electrons. The first-order valence-corrected chi connectivity index (χ1v) is 5.41. The predicted molar refractivity (Wildman–Crippen MR) is 64.3 cm³/mol. The third-order valence-corrected chi connectivity index (χ3v) is 1.79. The Balaban J connectivity index is 2.95. The first-order valence-electron chi connectivity index (χ1n) is 5.41. The maximum Gasteiger partial charge on any atom is 0.308 e. The van der Waals surface area contributed by atoms with E-state index in [-0.39, 0.29) is 0 Å². The summed E-state index contributed by atoms with van der Waals surface area (Å²) in [4.78, 5) is 26.8. The number of carbonyl (C=O) groups excluding carboxylic acids is 2. The van der Waals surface area contributed by atoms with E-state index >= 15 is 0 Å². The maximum atomic E-state index is 10.9. The molecule has 0 unspecified atom stereocenters. The first-order chi connectivity index (χ1) is 8.52. The molecular weight excluding hydrogens is 238 g/mol. The third-order valence-electron chi connectivity index (χ3n) is 1.79. The summed E-state index contributed by atoms with van der Waals surface area (Å²) in [6.45, 7) is 4.83. The molecule has 0 atom stereocenters. The number of carbonyl (C=O) groups is 2. The van der Waals surface area contributed by atoms with E-state index in [4.69, 9.17) is 14.3 Å². The van der Waals surface area contributed by atoms with Gasteiger partial charge < -0.3 is 9.47 Å². The Morgan fingerprint density at radius 3 is 2.39 bits per heavy atom. The zero-order valence-corrected chi connectivity index (χ0v) is 10.5. The van der Waals surface area contributed by atoms with Gasteiger partial charge in [0.25, 0.3) is 0 Å². The van der Waals surface area contributed by atoms with Crippen molar-refractivity contribution in [1.82, 2.24) is 0 Å². The minimum atomic E-state index is -0.449. The van der Waals surface area contributed by atoms with Gasteiger partial charge in [0.1, 0.15) is 11.4 Å². The summed E-state index contributed by atoms with van der Waals surface area (Å²) in [5.41, 5.74) is 3.02. The zero-order chi connectivity index (χ0) is 13.5. The second-order valence-corrected chi connectivity index (χ2v) is 3.38. The highest BCUT2D eigenvalue weighted by molar-refractivity contribution is 5.74. The number of nitrogens with one attached hydrogen (secondary N) is 1. The molecule has 0 saturated carbocycles. The van der Waals surface area contributed by atoms with Crippen LogP contribution < -0.4 is 15.0 Å². The van der Waals surface area contributed by atoms with E-state index in [1.165, 1.54) is 32.0 Å². The predicted octanol–water partition coefficient (Wildman–Crippen LogP) is 1.90. The lowest BCUT2D eigenvalue weighted by atomic mass is 10.3. The molecule has 6 heteroatoms. The first kappa shape index (κ1) is 14.0. The number of anilines is 1. The van der Waals surface area contributed by atoms with Crippen LogP contribution in [0, 0.1) is 0 Å². The fourth-order valence-electron chi connectivity index (χ4n) is 1.21. The van der Waals surface area contributed by atoms with E-state index in [1.807, 2.05) is 0 Å². The standard InChI is InChI=1S/C12H15NO5/c1-4-16-13-11-7-10(17-8(2)14)5-6-12(11)18-9(3)15/h5-7,13H,4H2,1-3H3. The normalized spacial score (nSPS) is 9.72. The van der Waals surface area contributed by atoms with Gasteiger partial charge in [-0.25, -0.2) is 0 Å². The Morgan fingerprint density at radius 1 is 1.17 bits per heavy atom. The second kappa shape index (κ2) is 6.61. The second-order valence-electron chi connectivity index (χ2n) is 3.38. The summed E-state index contributed by atoms with van der Waals surface area (Å²) >= 11 is 0. The molecule has 0 bridgehead atoms. The van der Waals surface area contributed by atoms with E-state index < -0.39 is 11.9 Å². The van der Waals surface area contributed by atoms with Crippen LogP contribution in [0.1, 0.15) is 20.8 Å². The van der Waals surface area contributed by atoms with Gasteiger partial charge in [-0.3, -0.25) is 19.9 Å². The summed E-state index contributed by atoms with van der Waals surface area (Å²) in [5, 5.41) is 0. The van der Waals surface area contributed by atoms with Crippen molar-refractivity contribution in [2.24, 2.45) is 0 Å². The Labute approximate surface area is 105 Å². The molecule has 1 rings (SSSR count). The third kappa shape index (κ3) is 4.42. The summed E-state index contributed by atoms with van der Waals surface area (Å²) < 4.78 is 9.90. The van der Waals surface area contributed by atoms with E-state index in [0.29, 0.717) is 23.8 Å². The van der Waals surface area contributed by atoms with Crippen molar-refractivity contribution in [3.8, 4) is 11.5 Å². The Kier molecular flexibility index (Phi) is 5.13. The van der Waals surface area contributed by atoms with Crippen LogP contribution >= 0.6 is 0 Å². The molecule has 0 spiro atoms.